The third kappa shape index (κ3) is 4.04. The van der Waals surface area contributed by atoms with Gasteiger partial charge in [0.2, 0.25) is 5.91 Å². The molecule has 1 aliphatic carbocycles. The average molecular weight is 371 g/mol. The largest absolute Gasteiger partial charge is 0.486 e. The number of benzene rings is 1. The van der Waals surface area contributed by atoms with Crippen molar-refractivity contribution in [1.29, 1.82) is 0 Å². The van der Waals surface area contributed by atoms with Gasteiger partial charge in [-0.15, -0.1) is 0 Å². The van der Waals surface area contributed by atoms with Crippen molar-refractivity contribution in [3.63, 3.8) is 0 Å². The number of piperidine rings is 1. The number of carbonyl (C=O) groups excluding carboxylic acids is 2. The molecule has 1 aromatic carbocycles. The van der Waals surface area contributed by atoms with Crippen molar-refractivity contribution in [2.24, 2.45) is 5.92 Å². The second kappa shape index (κ2) is 7.41. The van der Waals surface area contributed by atoms with E-state index >= 15 is 0 Å². The Labute approximate surface area is 160 Å². The molecule has 6 heteroatoms. The van der Waals surface area contributed by atoms with Crippen LogP contribution in [-0.4, -0.2) is 60.1 Å². The fourth-order valence-corrected chi connectivity index (χ4v) is 3.93. The number of nitrogens with zero attached hydrogens (tertiary/aromatic N) is 2. The smallest absolute Gasteiger partial charge is 0.317 e. The van der Waals surface area contributed by atoms with E-state index in [1.54, 1.807) is 4.90 Å². The molecule has 0 aromatic heterocycles. The highest BCUT2D eigenvalue weighted by Gasteiger charge is 2.37. The summed E-state index contributed by atoms with van der Waals surface area (Å²) in [4.78, 5) is 28.3. The molecule has 2 aliphatic heterocycles. The van der Waals surface area contributed by atoms with Crippen molar-refractivity contribution in [2.75, 3.05) is 26.2 Å². The molecule has 2 heterocycles. The molecule has 0 bridgehead atoms. The number of nitrogens with one attached hydrogen (secondary N) is 1. The maximum absolute atomic E-state index is 12.4. The maximum Gasteiger partial charge on any atom is 0.317 e. The SMILES string of the molecule is Cc1cccc(C)c1OC1CN(C(=O)NC2CCN(C(=O)C3CC3)CC2)C1. The zero-order valence-corrected chi connectivity index (χ0v) is 16.2. The first-order valence-corrected chi connectivity index (χ1v) is 10.1. The predicted octanol–water partition coefficient (Wildman–Crippen LogP) is 2.48. The minimum Gasteiger partial charge on any atom is -0.486 e. The molecule has 0 atom stereocenters. The van der Waals surface area contributed by atoms with Crippen LogP contribution >= 0.6 is 0 Å². The van der Waals surface area contributed by atoms with E-state index < -0.39 is 0 Å². The minimum absolute atomic E-state index is 0.0108. The monoisotopic (exact) mass is 371 g/mol. The van der Waals surface area contributed by atoms with Crippen molar-refractivity contribution >= 4 is 11.9 Å². The van der Waals surface area contributed by atoms with Gasteiger partial charge in [0, 0.05) is 25.0 Å². The molecular formula is C21H29N3O3. The fraction of sp³-hybridized carbons (Fsp3) is 0.619. The Hall–Kier alpha value is -2.24. The van der Waals surface area contributed by atoms with Crippen LogP contribution in [0.5, 0.6) is 5.75 Å². The third-order valence-corrected chi connectivity index (χ3v) is 5.89. The van der Waals surface area contributed by atoms with E-state index in [9.17, 15) is 9.59 Å². The van der Waals surface area contributed by atoms with Crippen LogP contribution in [0.4, 0.5) is 4.79 Å². The fourth-order valence-electron chi connectivity index (χ4n) is 3.93. The number of para-hydroxylation sites is 1. The van der Waals surface area contributed by atoms with Crippen LogP contribution in [0, 0.1) is 19.8 Å². The average Bonchev–Trinajstić information content (AvgIpc) is 3.45. The Morgan fingerprint density at radius 1 is 1.00 bits per heavy atom. The lowest BCUT2D eigenvalue weighted by atomic mass is 10.0. The molecule has 3 fully saturated rings. The zero-order chi connectivity index (χ0) is 19.0. The van der Waals surface area contributed by atoms with Gasteiger partial charge in [-0.2, -0.15) is 0 Å². The van der Waals surface area contributed by atoms with Crippen molar-refractivity contribution in [3.05, 3.63) is 29.3 Å². The molecule has 1 saturated carbocycles. The number of amides is 3. The molecule has 4 rings (SSSR count). The number of carbonyl (C=O) groups is 2. The van der Waals surface area contributed by atoms with Crippen LogP contribution in [0.3, 0.4) is 0 Å². The summed E-state index contributed by atoms with van der Waals surface area (Å²) < 4.78 is 6.09. The lowest BCUT2D eigenvalue weighted by Crippen LogP contribution is -2.60. The van der Waals surface area contributed by atoms with E-state index in [2.05, 4.69) is 5.32 Å². The Morgan fingerprint density at radius 3 is 2.22 bits per heavy atom. The molecule has 6 nitrogen and oxygen atoms in total. The number of rotatable bonds is 4. The number of aryl methyl sites for hydroxylation is 2. The zero-order valence-electron chi connectivity index (χ0n) is 16.2. The molecule has 2 saturated heterocycles. The Bertz CT molecular complexity index is 697. The lowest BCUT2D eigenvalue weighted by Gasteiger charge is -2.41. The highest BCUT2D eigenvalue weighted by atomic mass is 16.5. The quantitative estimate of drug-likeness (QED) is 0.884. The van der Waals surface area contributed by atoms with Crippen LogP contribution in [-0.2, 0) is 4.79 Å². The van der Waals surface area contributed by atoms with Gasteiger partial charge in [0.25, 0.3) is 0 Å². The van der Waals surface area contributed by atoms with Gasteiger partial charge in [-0.1, -0.05) is 18.2 Å². The number of ether oxygens (including phenoxy) is 1. The summed E-state index contributed by atoms with van der Waals surface area (Å²) in [5, 5.41) is 3.13. The predicted molar refractivity (Wildman–Crippen MR) is 103 cm³/mol. The summed E-state index contributed by atoms with van der Waals surface area (Å²) in [5.41, 5.74) is 2.26. The summed E-state index contributed by atoms with van der Waals surface area (Å²) in [6.07, 6.45) is 3.86. The molecule has 1 N–H and O–H groups in total. The highest BCUT2D eigenvalue weighted by molar-refractivity contribution is 5.81. The standard InChI is InChI=1S/C21H29N3O3/c1-14-4-3-5-15(2)19(14)27-18-12-24(13-18)21(26)22-17-8-10-23(11-9-17)20(25)16-6-7-16/h3-5,16-18H,6-13H2,1-2H3,(H,22,26). The summed E-state index contributed by atoms with van der Waals surface area (Å²) in [5.74, 6) is 1.54. The topological polar surface area (TPSA) is 61.9 Å². The van der Waals surface area contributed by atoms with Crippen LogP contribution in [0.1, 0.15) is 36.8 Å². The molecule has 0 radical (unpaired) electrons. The number of likely N-dealkylation sites (tertiary alicyclic amines) is 2. The van der Waals surface area contributed by atoms with E-state index in [-0.39, 0.29) is 24.1 Å². The first kappa shape index (κ1) is 18.1. The normalized spacial score (nSPS) is 21.0. The molecule has 3 amide bonds. The summed E-state index contributed by atoms with van der Waals surface area (Å²) >= 11 is 0. The Kier molecular flexibility index (Phi) is 4.98. The molecule has 3 aliphatic rings. The second-order valence-electron chi connectivity index (χ2n) is 8.19. The summed E-state index contributed by atoms with van der Waals surface area (Å²) in [6, 6.07) is 6.28. The van der Waals surface area contributed by atoms with Gasteiger partial charge in [-0.3, -0.25) is 4.79 Å². The molecule has 146 valence electrons. The van der Waals surface area contributed by atoms with E-state index in [0.29, 0.717) is 19.0 Å². The Balaban J connectivity index is 1.19. The number of hydrogen-bond acceptors (Lipinski definition) is 3. The summed E-state index contributed by atoms with van der Waals surface area (Å²) in [6.45, 7) is 6.87. The van der Waals surface area contributed by atoms with Gasteiger partial charge in [0.05, 0.1) is 13.1 Å². The van der Waals surface area contributed by atoms with Gasteiger partial charge in [-0.05, 0) is 50.7 Å². The van der Waals surface area contributed by atoms with Gasteiger partial charge < -0.3 is 19.9 Å². The van der Waals surface area contributed by atoms with Crippen molar-refractivity contribution < 1.29 is 14.3 Å². The van der Waals surface area contributed by atoms with Crippen LogP contribution in [0.2, 0.25) is 0 Å². The summed E-state index contributed by atoms with van der Waals surface area (Å²) in [7, 11) is 0. The highest BCUT2D eigenvalue weighted by Crippen LogP contribution is 2.32. The van der Waals surface area contributed by atoms with Crippen LogP contribution in [0.15, 0.2) is 18.2 Å². The maximum atomic E-state index is 12.4. The van der Waals surface area contributed by atoms with Crippen LogP contribution in [0.25, 0.3) is 0 Å². The first-order valence-electron chi connectivity index (χ1n) is 10.1. The van der Waals surface area contributed by atoms with E-state index in [0.717, 1.165) is 55.6 Å². The van der Waals surface area contributed by atoms with E-state index in [1.165, 1.54) is 0 Å². The molecule has 1 aromatic rings. The van der Waals surface area contributed by atoms with Gasteiger partial charge in [0.15, 0.2) is 0 Å². The minimum atomic E-state index is -0.0108. The van der Waals surface area contributed by atoms with Gasteiger partial charge >= 0.3 is 6.03 Å². The van der Waals surface area contributed by atoms with Gasteiger partial charge in [0.1, 0.15) is 11.9 Å². The number of hydrogen-bond donors (Lipinski definition) is 1. The lowest BCUT2D eigenvalue weighted by molar-refractivity contribution is -0.133. The molecule has 0 unspecified atom stereocenters. The van der Waals surface area contributed by atoms with Crippen molar-refractivity contribution in [2.45, 2.75) is 51.7 Å². The van der Waals surface area contributed by atoms with Gasteiger partial charge in [-0.25, -0.2) is 4.79 Å². The first-order chi connectivity index (χ1) is 13.0. The molecule has 27 heavy (non-hydrogen) atoms. The molecular weight excluding hydrogens is 342 g/mol. The van der Waals surface area contributed by atoms with E-state index in [1.807, 2.05) is 36.9 Å². The second-order valence-corrected chi connectivity index (χ2v) is 8.19. The number of urea groups is 1. The van der Waals surface area contributed by atoms with Crippen molar-refractivity contribution in [1.82, 2.24) is 15.1 Å². The van der Waals surface area contributed by atoms with Crippen LogP contribution < -0.4 is 10.1 Å². The third-order valence-electron chi connectivity index (χ3n) is 5.89. The Morgan fingerprint density at radius 2 is 1.63 bits per heavy atom. The van der Waals surface area contributed by atoms with E-state index in [4.69, 9.17) is 4.74 Å². The molecule has 0 spiro atoms. The van der Waals surface area contributed by atoms with Crippen molar-refractivity contribution in [3.8, 4) is 5.75 Å².